The van der Waals surface area contributed by atoms with Crippen LogP contribution in [0, 0.1) is 5.92 Å². The second kappa shape index (κ2) is 4.78. The van der Waals surface area contributed by atoms with E-state index in [1.807, 2.05) is 6.92 Å². The Bertz CT molecular complexity index is 391. The largest absolute Gasteiger partial charge is 0.481 e. The van der Waals surface area contributed by atoms with Crippen LogP contribution in [0.25, 0.3) is 0 Å². The Morgan fingerprint density at radius 1 is 1.37 bits per heavy atom. The Kier molecular flexibility index (Phi) is 3.60. The maximum Gasteiger partial charge on any atom is 0.306 e. The SMILES string of the molecule is CC(C)[C@@]12CC[C@@](C)(O1)[C@@H](OC(=O)CCC(=O)O)C2. The second-order valence-electron chi connectivity index (χ2n) is 6.21. The number of hydrogen-bond acceptors (Lipinski definition) is 4. The fraction of sp³-hybridized carbons (Fsp3) is 0.857. The van der Waals surface area contributed by atoms with E-state index in [1.165, 1.54) is 0 Å². The lowest BCUT2D eigenvalue weighted by atomic mass is 9.75. The van der Waals surface area contributed by atoms with Crippen LogP contribution in [0.2, 0.25) is 0 Å². The molecule has 2 aliphatic heterocycles. The highest BCUT2D eigenvalue weighted by atomic mass is 16.6. The van der Waals surface area contributed by atoms with Crippen molar-refractivity contribution < 1.29 is 24.2 Å². The van der Waals surface area contributed by atoms with Gasteiger partial charge in [-0.05, 0) is 25.7 Å². The van der Waals surface area contributed by atoms with Crippen LogP contribution in [0.15, 0.2) is 0 Å². The first kappa shape index (κ1) is 14.3. The lowest BCUT2D eigenvalue weighted by Gasteiger charge is -2.31. The van der Waals surface area contributed by atoms with Crippen LogP contribution in [0.1, 0.15) is 52.9 Å². The molecule has 3 atom stereocenters. The molecule has 5 nitrogen and oxygen atoms in total. The third-order valence-electron chi connectivity index (χ3n) is 4.56. The summed E-state index contributed by atoms with van der Waals surface area (Å²) in [5.41, 5.74) is -0.574. The molecule has 0 aliphatic carbocycles. The molecular formula is C14H22O5. The van der Waals surface area contributed by atoms with Gasteiger partial charge in [0.05, 0.1) is 18.4 Å². The van der Waals surface area contributed by atoms with Crippen molar-refractivity contribution in [2.45, 2.75) is 70.2 Å². The highest BCUT2D eigenvalue weighted by molar-refractivity contribution is 5.76. The number of aliphatic carboxylic acids is 1. The molecule has 2 saturated heterocycles. The third kappa shape index (κ3) is 2.61. The molecule has 0 unspecified atom stereocenters. The number of carbonyl (C=O) groups is 2. The van der Waals surface area contributed by atoms with E-state index in [1.54, 1.807) is 0 Å². The Hall–Kier alpha value is -1.10. The van der Waals surface area contributed by atoms with E-state index >= 15 is 0 Å². The molecule has 0 radical (unpaired) electrons. The van der Waals surface area contributed by atoms with Gasteiger partial charge in [0, 0.05) is 6.42 Å². The molecule has 0 aromatic rings. The van der Waals surface area contributed by atoms with Crippen LogP contribution < -0.4 is 0 Å². The van der Waals surface area contributed by atoms with Gasteiger partial charge < -0.3 is 14.6 Å². The van der Waals surface area contributed by atoms with Gasteiger partial charge in [-0.25, -0.2) is 0 Å². The summed E-state index contributed by atoms with van der Waals surface area (Å²) in [4.78, 5) is 22.1. The van der Waals surface area contributed by atoms with Crippen molar-refractivity contribution in [3.63, 3.8) is 0 Å². The molecular weight excluding hydrogens is 248 g/mol. The monoisotopic (exact) mass is 270 g/mol. The molecule has 2 bridgehead atoms. The summed E-state index contributed by atoms with van der Waals surface area (Å²) in [6.07, 6.45) is 2.12. The second-order valence-corrected chi connectivity index (χ2v) is 6.21. The van der Waals surface area contributed by atoms with Crippen LogP contribution >= 0.6 is 0 Å². The molecule has 2 rings (SSSR count). The fourth-order valence-electron chi connectivity index (χ4n) is 3.16. The van der Waals surface area contributed by atoms with Gasteiger partial charge in [0.25, 0.3) is 0 Å². The topological polar surface area (TPSA) is 72.8 Å². The number of carbonyl (C=O) groups excluding carboxylic acids is 1. The van der Waals surface area contributed by atoms with Crippen LogP contribution in [0.5, 0.6) is 0 Å². The predicted octanol–water partition coefficient (Wildman–Crippen LogP) is 2.13. The lowest BCUT2D eigenvalue weighted by molar-refractivity contribution is -0.159. The van der Waals surface area contributed by atoms with Gasteiger partial charge in [-0.1, -0.05) is 13.8 Å². The molecule has 1 N–H and O–H groups in total. The maximum atomic E-state index is 11.7. The minimum absolute atomic E-state index is 0.0728. The van der Waals surface area contributed by atoms with Crippen molar-refractivity contribution in [3.05, 3.63) is 0 Å². The minimum Gasteiger partial charge on any atom is -0.481 e. The quantitative estimate of drug-likeness (QED) is 0.775. The van der Waals surface area contributed by atoms with Crippen LogP contribution in [-0.2, 0) is 19.1 Å². The van der Waals surface area contributed by atoms with E-state index in [4.69, 9.17) is 14.6 Å². The molecule has 0 aromatic heterocycles. The number of carboxylic acids is 1. The third-order valence-corrected chi connectivity index (χ3v) is 4.56. The minimum atomic E-state index is -0.981. The Labute approximate surface area is 113 Å². The summed E-state index contributed by atoms with van der Waals surface area (Å²) in [5.74, 6) is -1.04. The van der Waals surface area contributed by atoms with Crippen molar-refractivity contribution in [1.29, 1.82) is 0 Å². The molecule has 0 saturated carbocycles. The van der Waals surface area contributed by atoms with Crippen LogP contribution in [-0.4, -0.2) is 34.4 Å². The molecule has 2 fully saturated rings. The molecule has 19 heavy (non-hydrogen) atoms. The summed E-state index contributed by atoms with van der Waals surface area (Å²) in [6.45, 7) is 6.24. The smallest absolute Gasteiger partial charge is 0.306 e. The Morgan fingerprint density at radius 2 is 2.05 bits per heavy atom. The maximum absolute atomic E-state index is 11.7. The van der Waals surface area contributed by atoms with E-state index in [0.29, 0.717) is 5.92 Å². The van der Waals surface area contributed by atoms with Gasteiger partial charge in [-0.3, -0.25) is 9.59 Å². The van der Waals surface area contributed by atoms with Gasteiger partial charge >= 0.3 is 11.9 Å². The van der Waals surface area contributed by atoms with E-state index in [9.17, 15) is 9.59 Å². The highest BCUT2D eigenvalue weighted by Crippen LogP contribution is 2.55. The zero-order valence-electron chi connectivity index (χ0n) is 11.8. The van der Waals surface area contributed by atoms with Gasteiger partial charge in [0.2, 0.25) is 0 Å². The van der Waals surface area contributed by atoms with Gasteiger partial charge in [-0.15, -0.1) is 0 Å². The number of esters is 1. The standard InChI is InChI=1S/C14H22O5/c1-9(2)14-7-6-13(3,19-14)10(8-14)18-12(17)5-4-11(15)16/h9-10H,4-8H2,1-3H3,(H,15,16)/t10-,13+,14-/m0/s1. The predicted molar refractivity (Wildman–Crippen MR) is 67.7 cm³/mol. The first-order valence-electron chi connectivity index (χ1n) is 6.89. The van der Waals surface area contributed by atoms with Crippen molar-refractivity contribution in [3.8, 4) is 0 Å². The summed E-state index contributed by atoms with van der Waals surface area (Å²) >= 11 is 0. The zero-order chi connectivity index (χ0) is 14.3. The van der Waals surface area contributed by atoms with Crippen molar-refractivity contribution in [1.82, 2.24) is 0 Å². The average molecular weight is 270 g/mol. The van der Waals surface area contributed by atoms with Crippen molar-refractivity contribution in [2.24, 2.45) is 5.92 Å². The molecule has 2 heterocycles. The molecule has 2 aliphatic rings. The number of hydrogen-bond donors (Lipinski definition) is 1. The Balaban J connectivity index is 1.96. The first-order valence-corrected chi connectivity index (χ1v) is 6.89. The van der Waals surface area contributed by atoms with E-state index < -0.39 is 17.5 Å². The van der Waals surface area contributed by atoms with E-state index in [0.717, 1.165) is 19.3 Å². The van der Waals surface area contributed by atoms with Gasteiger partial charge in [0.15, 0.2) is 0 Å². The summed E-state index contributed by atoms with van der Waals surface area (Å²) in [5, 5.41) is 8.56. The van der Waals surface area contributed by atoms with Gasteiger partial charge in [0.1, 0.15) is 11.7 Å². The molecule has 108 valence electrons. The summed E-state index contributed by atoms with van der Waals surface area (Å²) < 4.78 is 11.6. The molecule has 0 spiro atoms. The van der Waals surface area contributed by atoms with Crippen LogP contribution in [0.4, 0.5) is 0 Å². The summed E-state index contributed by atoms with van der Waals surface area (Å²) in [6, 6.07) is 0. The fourth-order valence-corrected chi connectivity index (χ4v) is 3.16. The Morgan fingerprint density at radius 3 is 2.58 bits per heavy atom. The average Bonchev–Trinajstić information content (AvgIpc) is 2.79. The molecule has 0 aromatic carbocycles. The molecule has 5 heteroatoms. The number of rotatable bonds is 5. The van der Waals surface area contributed by atoms with Crippen molar-refractivity contribution >= 4 is 11.9 Å². The number of carboxylic acid groups (broad SMARTS) is 1. The number of ether oxygens (including phenoxy) is 2. The van der Waals surface area contributed by atoms with Crippen LogP contribution in [0.3, 0.4) is 0 Å². The highest BCUT2D eigenvalue weighted by Gasteiger charge is 2.61. The number of fused-ring (bicyclic) bond motifs is 2. The van der Waals surface area contributed by atoms with Crippen molar-refractivity contribution in [2.75, 3.05) is 0 Å². The van der Waals surface area contributed by atoms with E-state index in [2.05, 4.69) is 13.8 Å². The first-order chi connectivity index (χ1) is 8.77. The van der Waals surface area contributed by atoms with Gasteiger partial charge in [-0.2, -0.15) is 0 Å². The zero-order valence-corrected chi connectivity index (χ0v) is 11.8. The molecule has 0 amide bonds. The lowest BCUT2D eigenvalue weighted by Crippen LogP contribution is -2.39. The summed E-state index contributed by atoms with van der Waals surface area (Å²) in [7, 11) is 0. The van der Waals surface area contributed by atoms with E-state index in [-0.39, 0.29) is 24.5 Å². The normalized spacial score (nSPS) is 36.7.